The molecule has 5 rings (SSSR count). The highest BCUT2D eigenvalue weighted by molar-refractivity contribution is 7.92. The van der Waals surface area contributed by atoms with Crippen molar-refractivity contribution in [1.82, 2.24) is 15.2 Å². The first-order valence-corrected chi connectivity index (χ1v) is 12.4. The molecule has 0 unspecified atom stereocenters. The Bertz CT molecular complexity index is 1370. The summed E-state index contributed by atoms with van der Waals surface area (Å²) in [5.41, 5.74) is 3.95. The summed E-state index contributed by atoms with van der Waals surface area (Å²) in [5, 5.41) is 8.02. The van der Waals surface area contributed by atoms with Gasteiger partial charge in [-0.2, -0.15) is 5.10 Å². The second-order valence-corrected chi connectivity index (χ2v) is 10.5. The third-order valence-corrected chi connectivity index (χ3v) is 8.53. The van der Waals surface area contributed by atoms with Gasteiger partial charge in [-0.1, -0.05) is 43.5 Å². The van der Waals surface area contributed by atoms with Crippen molar-refractivity contribution in [3.63, 3.8) is 0 Å². The maximum atomic E-state index is 13.2. The van der Waals surface area contributed by atoms with E-state index in [1.807, 2.05) is 42.5 Å². The van der Waals surface area contributed by atoms with Crippen LogP contribution in [0.3, 0.4) is 0 Å². The van der Waals surface area contributed by atoms with Gasteiger partial charge in [0.2, 0.25) is 0 Å². The van der Waals surface area contributed by atoms with Crippen LogP contribution in [-0.4, -0.2) is 36.0 Å². The molecule has 0 radical (unpaired) electrons. The molecule has 0 spiro atoms. The number of fused-ring (bicyclic) bond motifs is 1. The number of hydrogen-bond acceptors (Lipinski definition) is 5. The fourth-order valence-electron chi connectivity index (χ4n) is 4.53. The molecule has 1 aliphatic rings. The molecule has 0 bridgehead atoms. The lowest BCUT2D eigenvalue weighted by atomic mass is 10.0. The predicted octanol–water partition coefficient (Wildman–Crippen LogP) is 5.41. The lowest BCUT2D eigenvalue weighted by Gasteiger charge is -2.22. The van der Waals surface area contributed by atoms with Gasteiger partial charge in [-0.3, -0.25) is 5.10 Å². The maximum Gasteiger partial charge on any atom is 0.181 e. The van der Waals surface area contributed by atoms with Crippen LogP contribution in [-0.2, 0) is 9.84 Å². The van der Waals surface area contributed by atoms with E-state index in [9.17, 15) is 8.42 Å². The second kappa shape index (κ2) is 8.39. The molecule has 32 heavy (non-hydrogen) atoms. The van der Waals surface area contributed by atoms with Crippen molar-refractivity contribution in [3.05, 3.63) is 60.8 Å². The number of methoxy groups -OCH3 is 1. The molecule has 0 saturated heterocycles. The number of ether oxygens (including phenoxy) is 1. The number of aromatic amines is 1. The summed E-state index contributed by atoms with van der Waals surface area (Å²) in [6.07, 6.45) is 6.33. The molecule has 1 N–H and O–H groups in total. The van der Waals surface area contributed by atoms with Crippen LogP contribution in [0.1, 0.15) is 32.1 Å². The van der Waals surface area contributed by atoms with Gasteiger partial charge in [-0.25, -0.2) is 13.4 Å². The fraction of sp³-hybridized carbons (Fsp3) is 0.280. The quantitative estimate of drug-likeness (QED) is 0.442. The van der Waals surface area contributed by atoms with Crippen LogP contribution in [0.15, 0.2) is 65.7 Å². The van der Waals surface area contributed by atoms with Crippen molar-refractivity contribution in [2.45, 2.75) is 42.2 Å². The largest absolute Gasteiger partial charge is 0.496 e. The summed E-state index contributed by atoms with van der Waals surface area (Å²) in [6.45, 7) is 0. The van der Waals surface area contributed by atoms with Gasteiger partial charge in [-0.05, 0) is 48.7 Å². The van der Waals surface area contributed by atoms with Crippen molar-refractivity contribution in [3.8, 4) is 28.1 Å². The van der Waals surface area contributed by atoms with Gasteiger partial charge >= 0.3 is 0 Å². The number of sulfone groups is 1. The zero-order chi connectivity index (χ0) is 22.1. The maximum absolute atomic E-state index is 13.2. The van der Waals surface area contributed by atoms with Gasteiger partial charge in [0.15, 0.2) is 15.5 Å². The van der Waals surface area contributed by atoms with Crippen LogP contribution in [0.5, 0.6) is 5.75 Å². The van der Waals surface area contributed by atoms with Crippen molar-refractivity contribution in [2.24, 2.45) is 0 Å². The summed E-state index contributed by atoms with van der Waals surface area (Å²) in [6, 6.07) is 16.9. The highest BCUT2D eigenvalue weighted by atomic mass is 32.2. The number of hydrogen-bond donors (Lipinski definition) is 1. The van der Waals surface area contributed by atoms with Crippen LogP contribution in [0.4, 0.5) is 0 Å². The standard InChI is InChI=1S/C25H25N3O3S/c1-31-23-13-6-5-12-21(23)24-22-15-18(16-26-25(22)28-27-24)17-8-7-11-20(14-17)32(29,30)19-9-3-2-4-10-19/h5-8,11-16,19H,2-4,9-10H2,1H3,(H,26,27,28). The van der Waals surface area contributed by atoms with Crippen molar-refractivity contribution < 1.29 is 13.2 Å². The zero-order valence-electron chi connectivity index (χ0n) is 17.9. The molecule has 0 aliphatic heterocycles. The van der Waals surface area contributed by atoms with Crippen molar-refractivity contribution in [1.29, 1.82) is 0 Å². The summed E-state index contributed by atoms with van der Waals surface area (Å²) >= 11 is 0. The lowest BCUT2D eigenvalue weighted by Crippen LogP contribution is -2.24. The highest BCUT2D eigenvalue weighted by Gasteiger charge is 2.29. The molecule has 1 fully saturated rings. The molecule has 7 heteroatoms. The number of H-pyrrole nitrogens is 1. The molecule has 1 aliphatic carbocycles. The topological polar surface area (TPSA) is 84.9 Å². The first-order chi connectivity index (χ1) is 15.6. The summed E-state index contributed by atoms with van der Waals surface area (Å²) < 4.78 is 31.9. The van der Waals surface area contributed by atoms with E-state index in [0.29, 0.717) is 10.5 Å². The number of nitrogens with one attached hydrogen (secondary N) is 1. The van der Waals surface area contributed by atoms with Gasteiger partial charge in [-0.15, -0.1) is 0 Å². The Morgan fingerprint density at radius 2 is 1.78 bits per heavy atom. The van der Waals surface area contributed by atoms with Gasteiger partial charge < -0.3 is 4.74 Å². The van der Waals surface area contributed by atoms with E-state index >= 15 is 0 Å². The minimum Gasteiger partial charge on any atom is -0.496 e. The third-order valence-electron chi connectivity index (χ3n) is 6.27. The fourth-order valence-corrected chi connectivity index (χ4v) is 6.43. The summed E-state index contributed by atoms with van der Waals surface area (Å²) in [4.78, 5) is 4.92. The molecule has 1 saturated carbocycles. The Morgan fingerprint density at radius 3 is 2.59 bits per heavy atom. The molecule has 0 amide bonds. The third kappa shape index (κ3) is 3.66. The lowest BCUT2D eigenvalue weighted by molar-refractivity contribution is 0.416. The number of para-hydroxylation sites is 1. The van der Waals surface area contributed by atoms with E-state index in [1.54, 1.807) is 25.4 Å². The smallest absolute Gasteiger partial charge is 0.181 e. The molecule has 164 valence electrons. The molecule has 2 aromatic heterocycles. The Hall–Kier alpha value is -3.19. The second-order valence-electron chi connectivity index (χ2n) is 8.23. The summed E-state index contributed by atoms with van der Waals surface area (Å²) in [5.74, 6) is 0.729. The molecule has 6 nitrogen and oxygen atoms in total. The molecule has 2 heterocycles. The zero-order valence-corrected chi connectivity index (χ0v) is 18.7. The van der Waals surface area contributed by atoms with E-state index in [1.165, 1.54) is 0 Å². The van der Waals surface area contributed by atoms with E-state index in [-0.39, 0.29) is 5.25 Å². The molecule has 2 aromatic carbocycles. The van der Waals surface area contributed by atoms with Crippen molar-refractivity contribution >= 4 is 20.9 Å². The van der Waals surface area contributed by atoms with Crippen molar-refractivity contribution in [2.75, 3.05) is 7.11 Å². The highest BCUT2D eigenvalue weighted by Crippen LogP contribution is 2.35. The monoisotopic (exact) mass is 447 g/mol. The average Bonchev–Trinajstić information content (AvgIpc) is 3.27. The van der Waals surface area contributed by atoms with Crippen LogP contribution >= 0.6 is 0 Å². The number of pyridine rings is 1. The number of aromatic nitrogens is 3. The number of benzene rings is 2. The number of nitrogens with zero attached hydrogens (tertiary/aromatic N) is 2. The minimum absolute atomic E-state index is 0.280. The van der Waals surface area contributed by atoms with Gasteiger partial charge in [0.05, 0.1) is 17.3 Å². The Kier molecular flexibility index (Phi) is 5.43. The Morgan fingerprint density at radius 1 is 0.969 bits per heavy atom. The van der Waals surface area contributed by atoms with E-state index < -0.39 is 9.84 Å². The molecule has 0 atom stereocenters. The average molecular weight is 448 g/mol. The van der Waals surface area contributed by atoms with Crippen LogP contribution in [0.25, 0.3) is 33.4 Å². The molecular formula is C25H25N3O3S. The summed E-state index contributed by atoms with van der Waals surface area (Å²) in [7, 11) is -1.71. The Balaban J connectivity index is 1.57. The SMILES string of the molecule is COc1ccccc1-c1n[nH]c2ncc(-c3cccc(S(=O)(=O)C4CCCCC4)c3)cc12. The van der Waals surface area contributed by atoms with Crippen LogP contribution in [0, 0.1) is 0 Å². The molecule has 4 aromatic rings. The van der Waals surface area contributed by atoms with E-state index in [4.69, 9.17) is 4.74 Å². The van der Waals surface area contributed by atoms with Crippen LogP contribution in [0.2, 0.25) is 0 Å². The first-order valence-electron chi connectivity index (χ1n) is 10.9. The first kappa shape index (κ1) is 20.7. The van der Waals surface area contributed by atoms with E-state index in [2.05, 4.69) is 15.2 Å². The van der Waals surface area contributed by atoms with E-state index in [0.717, 1.165) is 65.6 Å². The minimum atomic E-state index is -3.34. The predicted molar refractivity (Wildman–Crippen MR) is 125 cm³/mol. The normalized spacial score (nSPS) is 15.2. The van der Waals surface area contributed by atoms with Crippen LogP contribution < -0.4 is 4.74 Å². The number of rotatable bonds is 5. The Labute approximate surface area is 187 Å². The van der Waals surface area contributed by atoms with Gasteiger partial charge in [0, 0.05) is 22.7 Å². The molecular weight excluding hydrogens is 422 g/mol. The van der Waals surface area contributed by atoms with Gasteiger partial charge in [0.25, 0.3) is 0 Å². The van der Waals surface area contributed by atoms with Gasteiger partial charge in [0.1, 0.15) is 11.4 Å².